The Morgan fingerprint density at radius 2 is 1.64 bits per heavy atom. The molecule has 0 radical (unpaired) electrons. The monoisotopic (exact) mass is 442 g/mol. The Morgan fingerprint density at radius 1 is 0.879 bits per heavy atom. The third-order valence-corrected chi connectivity index (χ3v) is 5.49. The molecule has 6 nitrogen and oxygen atoms in total. The first kappa shape index (κ1) is 22.1. The fourth-order valence-electron chi connectivity index (χ4n) is 3.87. The molecule has 0 saturated heterocycles. The smallest absolute Gasteiger partial charge is 0.282 e. The maximum atomic E-state index is 13.6. The second kappa shape index (κ2) is 9.20. The first-order valence-corrected chi connectivity index (χ1v) is 10.8. The Bertz CT molecular complexity index is 1250. The number of amides is 2. The van der Waals surface area contributed by atoms with E-state index >= 15 is 0 Å². The molecular weight excluding hydrogens is 416 g/mol. The minimum absolute atomic E-state index is 0.235. The predicted molar refractivity (Wildman–Crippen MR) is 130 cm³/mol. The molecule has 1 aliphatic heterocycles. The lowest BCUT2D eigenvalue weighted by Gasteiger charge is -2.17. The molecule has 3 aromatic rings. The fourth-order valence-corrected chi connectivity index (χ4v) is 3.87. The molecule has 0 aliphatic carbocycles. The van der Waals surface area contributed by atoms with Crippen LogP contribution >= 0.6 is 0 Å². The average Bonchev–Trinajstić information content (AvgIpc) is 3.05. The number of methoxy groups -OCH3 is 1. The van der Waals surface area contributed by atoms with Crippen molar-refractivity contribution < 1.29 is 19.1 Å². The highest BCUT2D eigenvalue weighted by Gasteiger charge is 2.40. The summed E-state index contributed by atoms with van der Waals surface area (Å²) in [5.41, 5.74) is 4.50. The summed E-state index contributed by atoms with van der Waals surface area (Å²) in [6.07, 6.45) is 0. The normalized spacial score (nSPS) is 13.5. The number of hydrogen-bond donors (Lipinski definition) is 1. The number of ether oxygens (including phenoxy) is 2. The summed E-state index contributed by atoms with van der Waals surface area (Å²) in [4.78, 5) is 28.4. The lowest BCUT2D eigenvalue weighted by molar-refractivity contribution is -0.120. The zero-order chi connectivity index (χ0) is 23.5. The molecular formula is C27H26N2O4. The number of imide groups is 1. The fraction of sp³-hybridized carbons (Fsp3) is 0.185. The number of anilines is 2. The Kier molecular flexibility index (Phi) is 6.18. The molecule has 0 spiro atoms. The van der Waals surface area contributed by atoms with Crippen LogP contribution in [0.25, 0.3) is 5.57 Å². The van der Waals surface area contributed by atoms with Gasteiger partial charge in [-0.3, -0.25) is 9.59 Å². The third-order valence-electron chi connectivity index (χ3n) is 5.49. The van der Waals surface area contributed by atoms with Crippen LogP contribution in [0.5, 0.6) is 11.5 Å². The van der Waals surface area contributed by atoms with E-state index in [0.717, 1.165) is 16.8 Å². The van der Waals surface area contributed by atoms with E-state index < -0.39 is 11.8 Å². The van der Waals surface area contributed by atoms with Gasteiger partial charge in [0.05, 0.1) is 25.0 Å². The molecule has 1 heterocycles. The molecule has 1 N–H and O–H groups in total. The Balaban J connectivity index is 1.81. The minimum atomic E-state index is -0.417. The van der Waals surface area contributed by atoms with Gasteiger partial charge in [-0.1, -0.05) is 35.9 Å². The zero-order valence-corrected chi connectivity index (χ0v) is 19.1. The molecule has 0 atom stereocenters. The van der Waals surface area contributed by atoms with E-state index in [0.29, 0.717) is 34.9 Å². The molecule has 1 aliphatic rings. The predicted octanol–water partition coefficient (Wildman–Crippen LogP) is 5.11. The largest absolute Gasteiger partial charge is 0.497 e. The van der Waals surface area contributed by atoms with E-state index in [-0.39, 0.29) is 5.70 Å². The second-order valence-electron chi connectivity index (χ2n) is 7.80. The van der Waals surface area contributed by atoms with Gasteiger partial charge in [0, 0.05) is 11.8 Å². The van der Waals surface area contributed by atoms with Crippen LogP contribution in [-0.2, 0) is 9.59 Å². The Labute approximate surface area is 193 Å². The molecule has 0 aromatic heterocycles. The first-order valence-electron chi connectivity index (χ1n) is 10.8. The van der Waals surface area contributed by atoms with Gasteiger partial charge in [-0.15, -0.1) is 0 Å². The summed E-state index contributed by atoms with van der Waals surface area (Å²) in [7, 11) is 1.58. The summed E-state index contributed by atoms with van der Waals surface area (Å²) in [6.45, 7) is 6.35. The molecule has 6 heteroatoms. The van der Waals surface area contributed by atoms with Crippen molar-refractivity contribution in [2.24, 2.45) is 0 Å². The first-order chi connectivity index (χ1) is 15.9. The lowest BCUT2D eigenvalue weighted by Crippen LogP contribution is -2.32. The van der Waals surface area contributed by atoms with Gasteiger partial charge in [0.25, 0.3) is 11.8 Å². The molecule has 0 bridgehead atoms. The molecule has 0 unspecified atom stereocenters. The Morgan fingerprint density at radius 3 is 2.30 bits per heavy atom. The molecule has 2 amide bonds. The summed E-state index contributed by atoms with van der Waals surface area (Å²) in [6, 6.07) is 20.0. The van der Waals surface area contributed by atoms with Crippen molar-refractivity contribution in [3.8, 4) is 11.5 Å². The highest BCUT2D eigenvalue weighted by Crippen LogP contribution is 2.36. The van der Waals surface area contributed by atoms with Crippen molar-refractivity contribution in [2.45, 2.75) is 20.8 Å². The van der Waals surface area contributed by atoms with Gasteiger partial charge in [-0.05, 0) is 62.2 Å². The van der Waals surface area contributed by atoms with Crippen LogP contribution in [-0.4, -0.2) is 25.5 Å². The Hall–Kier alpha value is -4.06. The van der Waals surface area contributed by atoms with Gasteiger partial charge in [0.1, 0.15) is 17.2 Å². The van der Waals surface area contributed by atoms with Gasteiger partial charge in [0.2, 0.25) is 0 Å². The van der Waals surface area contributed by atoms with Crippen molar-refractivity contribution in [3.63, 3.8) is 0 Å². The highest BCUT2D eigenvalue weighted by atomic mass is 16.5. The quantitative estimate of drug-likeness (QED) is 0.515. The molecule has 0 saturated carbocycles. The van der Waals surface area contributed by atoms with Crippen LogP contribution in [0.1, 0.15) is 23.6 Å². The van der Waals surface area contributed by atoms with Crippen LogP contribution in [0.15, 0.2) is 72.4 Å². The van der Waals surface area contributed by atoms with Crippen LogP contribution in [0.3, 0.4) is 0 Å². The van der Waals surface area contributed by atoms with Gasteiger partial charge in [0.15, 0.2) is 0 Å². The third kappa shape index (κ3) is 4.32. The van der Waals surface area contributed by atoms with Gasteiger partial charge < -0.3 is 14.8 Å². The van der Waals surface area contributed by atoms with Gasteiger partial charge in [-0.2, -0.15) is 0 Å². The minimum Gasteiger partial charge on any atom is -0.497 e. The molecule has 168 valence electrons. The van der Waals surface area contributed by atoms with Crippen molar-refractivity contribution in [1.29, 1.82) is 0 Å². The molecule has 0 fully saturated rings. The van der Waals surface area contributed by atoms with Crippen LogP contribution in [0.2, 0.25) is 0 Å². The van der Waals surface area contributed by atoms with Crippen molar-refractivity contribution in [3.05, 3.63) is 89.1 Å². The molecule has 33 heavy (non-hydrogen) atoms. The van der Waals surface area contributed by atoms with E-state index in [4.69, 9.17) is 9.47 Å². The van der Waals surface area contributed by atoms with Gasteiger partial charge >= 0.3 is 0 Å². The number of hydrogen-bond acceptors (Lipinski definition) is 5. The van der Waals surface area contributed by atoms with Crippen LogP contribution < -0.4 is 19.7 Å². The number of benzene rings is 3. The molecule has 4 rings (SSSR count). The van der Waals surface area contributed by atoms with Crippen LogP contribution in [0, 0.1) is 13.8 Å². The number of aryl methyl sites for hydroxylation is 2. The van der Waals surface area contributed by atoms with E-state index in [1.54, 1.807) is 55.6 Å². The summed E-state index contributed by atoms with van der Waals surface area (Å²) in [5, 5.41) is 3.24. The van der Waals surface area contributed by atoms with E-state index in [9.17, 15) is 9.59 Å². The maximum absolute atomic E-state index is 13.6. The lowest BCUT2D eigenvalue weighted by atomic mass is 10.0. The second-order valence-corrected chi connectivity index (χ2v) is 7.80. The number of carbonyl (C=O) groups excluding carboxylic acids is 2. The summed E-state index contributed by atoms with van der Waals surface area (Å²) < 4.78 is 10.8. The summed E-state index contributed by atoms with van der Waals surface area (Å²) in [5.74, 6) is 0.448. The zero-order valence-electron chi connectivity index (χ0n) is 19.1. The van der Waals surface area contributed by atoms with E-state index in [2.05, 4.69) is 5.32 Å². The van der Waals surface area contributed by atoms with Crippen LogP contribution in [0.4, 0.5) is 11.4 Å². The standard InChI is InChI=1S/C27H26N2O4/c1-5-33-22-8-6-7-20(16-22)29-26(30)24(19-10-12-21(32-4)13-11-19)25(27(29)31)28-23-14-9-17(2)15-18(23)3/h6-16,28H,5H2,1-4H3. The van der Waals surface area contributed by atoms with Crippen molar-refractivity contribution >= 4 is 28.8 Å². The highest BCUT2D eigenvalue weighted by molar-refractivity contribution is 6.46. The molecule has 3 aromatic carbocycles. The van der Waals surface area contributed by atoms with Gasteiger partial charge in [-0.25, -0.2) is 4.90 Å². The van der Waals surface area contributed by atoms with Crippen molar-refractivity contribution in [2.75, 3.05) is 23.9 Å². The average molecular weight is 443 g/mol. The number of nitrogens with one attached hydrogen (secondary N) is 1. The van der Waals surface area contributed by atoms with E-state index in [1.807, 2.05) is 39.0 Å². The SMILES string of the molecule is CCOc1cccc(N2C(=O)C(Nc3ccc(C)cc3C)=C(c3ccc(OC)cc3)C2=O)c1. The maximum Gasteiger partial charge on any atom is 0.282 e. The number of nitrogens with zero attached hydrogens (tertiary/aromatic N) is 1. The topological polar surface area (TPSA) is 67.9 Å². The number of rotatable bonds is 7. The van der Waals surface area contributed by atoms with E-state index in [1.165, 1.54) is 4.90 Å². The summed E-state index contributed by atoms with van der Waals surface area (Å²) >= 11 is 0. The number of carbonyl (C=O) groups is 2. The van der Waals surface area contributed by atoms with Crippen molar-refractivity contribution in [1.82, 2.24) is 0 Å².